The van der Waals surface area contributed by atoms with E-state index < -0.39 is 15.9 Å². The van der Waals surface area contributed by atoms with Gasteiger partial charge in [0, 0.05) is 5.69 Å². The lowest BCUT2D eigenvalue weighted by Crippen LogP contribution is -2.15. The molecule has 0 aliphatic heterocycles. The molecule has 0 fully saturated rings. The van der Waals surface area contributed by atoms with Gasteiger partial charge < -0.3 is 14.8 Å². The number of ether oxygens (including phenoxy) is 2. The van der Waals surface area contributed by atoms with E-state index in [1.165, 1.54) is 38.5 Å². The molecule has 156 valence electrons. The van der Waals surface area contributed by atoms with E-state index in [4.69, 9.17) is 21.1 Å². The molecule has 1 amide bonds. The van der Waals surface area contributed by atoms with Gasteiger partial charge in [-0.15, -0.1) is 0 Å². The van der Waals surface area contributed by atoms with Gasteiger partial charge in [0.05, 0.1) is 35.4 Å². The lowest BCUT2D eigenvalue weighted by atomic mass is 10.1. The Morgan fingerprint density at radius 2 is 1.60 bits per heavy atom. The maximum absolute atomic E-state index is 12.6. The third kappa shape index (κ3) is 4.67. The molecular weight excluding hydrogens is 428 g/mol. The van der Waals surface area contributed by atoms with E-state index in [0.29, 0.717) is 17.2 Å². The highest BCUT2D eigenvalue weighted by Gasteiger charge is 2.18. The molecule has 0 saturated carbocycles. The summed E-state index contributed by atoms with van der Waals surface area (Å²) in [5, 5.41) is 3.00. The number of carbonyl (C=O) groups is 1. The molecule has 9 heteroatoms. The predicted octanol–water partition coefficient (Wildman–Crippen LogP) is 4.41. The lowest BCUT2D eigenvalue weighted by molar-refractivity contribution is 0.102. The van der Waals surface area contributed by atoms with Crippen molar-refractivity contribution in [2.24, 2.45) is 0 Å². The zero-order chi connectivity index (χ0) is 21.7. The number of hydrogen-bond donors (Lipinski definition) is 2. The number of halogens is 1. The Balaban J connectivity index is 1.78. The molecule has 3 aromatic rings. The monoisotopic (exact) mass is 446 g/mol. The molecule has 0 radical (unpaired) electrons. The lowest BCUT2D eigenvalue weighted by Gasteiger charge is -2.13. The third-order valence-corrected chi connectivity index (χ3v) is 5.90. The third-order valence-electron chi connectivity index (χ3n) is 4.19. The molecule has 0 spiro atoms. The van der Waals surface area contributed by atoms with Gasteiger partial charge >= 0.3 is 0 Å². The first-order chi connectivity index (χ1) is 14.4. The second-order valence-electron chi connectivity index (χ2n) is 6.10. The van der Waals surface area contributed by atoms with Crippen LogP contribution in [0.15, 0.2) is 71.6 Å². The van der Waals surface area contributed by atoms with Crippen LogP contribution in [0.25, 0.3) is 0 Å². The van der Waals surface area contributed by atoms with Crippen molar-refractivity contribution in [1.82, 2.24) is 0 Å². The quantitative estimate of drug-likeness (QED) is 0.560. The summed E-state index contributed by atoms with van der Waals surface area (Å²) in [4.78, 5) is 12.7. The summed E-state index contributed by atoms with van der Waals surface area (Å²) in [5.41, 5.74) is 0.983. The molecule has 3 rings (SSSR count). The van der Waals surface area contributed by atoms with Gasteiger partial charge in [-0.25, -0.2) is 8.42 Å². The zero-order valence-corrected chi connectivity index (χ0v) is 17.8. The predicted molar refractivity (Wildman–Crippen MR) is 116 cm³/mol. The summed E-state index contributed by atoms with van der Waals surface area (Å²) in [6.07, 6.45) is 0. The van der Waals surface area contributed by atoms with Crippen LogP contribution in [0, 0.1) is 0 Å². The summed E-state index contributed by atoms with van der Waals surface area (Å²) in [6.45, 7) is 0. The average molecular weight is 447 g/mol. The SMILES string of the molecule is COc1cccc(C(=O)Nc2ccc(S(=O)(=O)Nc3ccccc3Cl)cc2)c1OC. The number of para-hydroxylation sites is 2. The first kappa shape index (κ1) is 21.5. The first-order valence-corrected chi connectivity index (χ1v) is 10.6. The van der Waals surface area contributed by atoms with Crippen LogP contribution in [0.3, 0.4) is 0 Å². The van der Waals surface area contributed by atoms with Gasteiger partial charge in [0.15, 0.2) is 11.5 Å². The van der Waals surface area contributed by atoms with Crippen molar-refractivity contribution in [3.8, 4) is 11.5 Å². The molecule has 0 aliphatic carbocycles. The molecule has 0 saturated heterocycles. The number of methoxy groups -OCH3 is 2. The van der Waals surface area contributed by atoms with Gasteiger partial charge in [0.25, 0.3) is 15.9 Å². The number of carbonyl (C=O) groups excluding carboxylic acids is 1. The number of anilines is 2. The van der Waals surface area contributed by atoms with E-state index in [2.05, 4.69) is 10.0 Å². The normalized spacial score (nSPS) is 10.9. The van der Waals surface area contributed by atoms with Crippen LogP contribution in [0.4, 0.5) is 11.4 Å². The summed E-state index contributed by atoms with van der Waals surface area (Å²) in [6, 6.07) is 17.2. The summed E-state index contributed by atoms with van der Waals surface area (Å²) < 4.78 is 38.1. The molecule has 0 aliphatic rings. The molecule has 7 nitrogen and oxygen atoms in total. The summed E-state index contributed by atoms with van der Waals surface area (Å²) >= 11 is 6.01. The molecule has 0 atom stereocenters. The molecule has 0 heterocycles. The second kappa shape index (κ2) is 9.06. The van der Waals surface area contributed by atoms with E-state index in [1.54, 1.807) is 42.5 Å². The van der Waals surface area contributed by atoms with Crippen molar-refractivity contribution in [3.05, 3.63) is 77.3 Å². The number of benzene rings is 3. The highest BCUT2D eigenvalue weighted by Crippen LogP contribution is 2.31. The van der Waals surface area contributed by atoms with Crippen molar-refractivity contribution in [2.75, 3.05) is 24.3 Å². The average Bonchev–Trinajstić information content (AvgIpc) is 2.75. The summed E-state index contributed by atoms with van der Waals surface area (Å²) in [7, 11) is -0.910. The molecule has 2 N–H and O–H groups in total. The number of rotatable bonds is 7. The summed E-state index contributed by atoms with van der Waals surface area (Å²) in [5.74, 6) is 0.313. The Morgan fingerprint density at radius 1 is 0.900 bits per heavy atom. The minimum atomic E-state index is -3.84. The second-order valence-corrected chi connectivity index (χ2v) is 8.19. The smallest absolute Gasteiger partial charge is 0.261 e. The van der Waals surface area contributed by atoms with Crippen molar-refractivity contribution >= 4 is 38.9 Å². The number of hydrogen-bond acceptors (Lipinski definition) is 5. The fourth-order valence-corrected chi connectivity index (χ4v) is 4.05. The molecule has 0 aromatic heterocycles. The van der Waals surface area contributed by atoms with Crippen molar-refractivity contribution in [2.45, 2.75) is 4.90 Å². The van der Waals surface area contributed by atoms with Gasteiger partial charge in [-0.1, -0.05) is 29.8 Å². The first-order valence-electron chi connectivity index (χ1n) is 8.75. The van der Waals surface area contributed by atoms with Gasteiger partial charge in [0.2, 0.25) is 0 Å². The number of nitrogens with one attached hydrogen (secondary N) is 2. The van der Waals surface area contributed by atoms with Gasteiger partial charge in [-0.05, 0) is 48.5 Å². The highest BCUT2D eigenvalue weighted by molar-refractivity contribution is 7.92. The maximum atomic E-state index is 12.6. The Bertz CT molecular complexity index is 1160. The standard InChI is InChI=1S/C21H19ClN2O5S/c1-28-19-9-5-6-16(20(19)29-2)21(25)23-14-10-12-15(13-11-14)30(26,27)24-18-8-4-3-7-17(18)22/h3-13,24H,1-2H3,(H,23,25). The fourth-order valence-electron chi connectivity index (χ4n) is 2.73. The van der Waals surface area contributed by atoms with Crippen molar-refractivity contribution < 1.29 is 22.7 Å². The van der Waals surface area contributed by atoms with Gasteiger partial charge in [-0.3, -0.25) is 9.52 Å². The molecular formula is C21H19ClN2O5S. The van der Waals surface area contributed by atoms with Gasteiger partial charge in [-0.2, -0.15) is 0 Å². The van der Waals surface area contributed by atoms with Gasteiger partial charge in [0.1, 0.15) is 0 Å². The number of amides is 1. The van der Waals surface area contributed by atoms with Crippen LogP contribution in [0.2, 0.25) is 5.02 Å². The number of sulfonamides is 1. The van der Waals surface area contributed by atoms with Crippen LogP contribution < -0.4 is 19.5 Å². The van der Waals surface area contributed by atoms with Crippen molar-refractivity contribution in [3.63, 3.8) is 0 Å². The molecule has 0 unspecified atom stereocenters. The van der Waals surface area contributed by atoms with E-state index in [0.717, 1.165) is 0 Å². The Labute approximate surface area is 179 Å². The topological polar surface area (TPSA) is 93.7 Å². The maximum Gasteiger partial charge on any atom is 0.261 e. The molecule has 0 bridgehead atoms. The van der Waals surface area contributed by atoms with Crippen molar-refractivity contribution in [1.29, 1.82) is 0 Å². The minimum Gasteiger partial charge on any atom is -0.493 e. The van der Waals surface area contributed by atoms with Crippen LogP contribution in [-0.4, -0.2) is 28.5 Å². The van der Waals surface area contributed by atoms with E-state index in [-0.39, 0.29) is 21.2 Å². The Morgan fingerprint density at radius 3 is 2.23 bits per heavy atom. The molecule has 30 heavy (non-hydrogen) atoms. The van der Waals surface area contributed by atoms with E-state index in [1.807, 2.05) is 0 Å². The van der Waals surface area contributed by atoms with Crippen LogP contribution >= 0.6 is 11.6 Å². The van der Waals surface area contributed by atoms with E-state index in [9.17, 15) is 13.2 Å². The largest absolute Gasteiger partial charge is 0.493 e. The van der Waals surface area contributed by atoms with E-state index >= 15 is 0 Å². The fraction of sp³-hybridized carbons (Fsp3) is 0.0952. The molecule has 3 aromatic carbocycles. The van der Waals surface area contributed by atoms with Crippen LogP contribution in [0.5, 0.6) is 11.5 Å². The Hall–Kier alpha value is -3.23. The van der Waals surface area contributed by atoms with Crippen LogP contribution in [0.1, 0.15) is 10.4 Å². The Kier molecular flexibility index (Phi) is 6.49. The highest BCUT2D eigenvalue weighted by atomic mass is 35.5. The van der Waals surface area contributed by atoms with Crippen LogP contribution in [-0.2, 0) is 10.0 Å². The minimum absolute atomic E-state index is 0.0272. The zero-order valence-electron chi connectivity index (χ0n) is 16.2.